The van der Waals surface area contributed by atoms with Crippen LogP contribution in [0, 0.1) is 0 Å². The zero-order chi connectivity index (χ0) is 15.4. The average molecular weight is 309 g/mol. The van der Waals surface area contributed by atoms with E-state index in [0.29, 0.717) is 16.7 Å². The van der Waals surface area contributed by atoms with Gasteiger partial charge in [-0.2, -0.15) is 0 Å². The second kappa shape index (κ2) is 6.82. The molecule has 0 saturated heterocycles. The number of hydrogen-bond acceptors (Lipinski definition) is 5. The normalized spacial score (nSPS) is 12.6. The molecule has 2 N–H and O–H groups in total. The summed E-state index contributed by atoms with van der Waals surface area (Å²) in [6.07, 6.45) is -0.655. The summed E-state index contributed by atoms with van der Waals surface area (Å²) in [5, 5.41) is 17.2. The molecule has 1 atom stereocenters. The molecule has 21 heavy (non-hydrogen) atoms. The molecule has 0 aliphatic heterocycles. The number of H-pyrrole nitrogens is 1. The van der Waals surface area contributed by atoms with E-state index in [4.69, 9.17) is 4.74 Å². The number of benzene rings is 1. The van der Waals surface area contributed by atoms with Crippen LogP contribution in [0.3, 0.4) is 0 Å². The molecule has 1 heterocycles. The van der Waals surface area contributed by atoms with Gasteiger partial charge in [-0.05, 0) is 31.5 Å². The Hall–Kier alpha value is -1.73. The number of aromatic nitrogens is 3. The Morgan fingerprint density at radius 1 is 1.48 bits per heavy atom. The highest BCUT2D eigenvalue weighted by Crippen LogP contribution is 2.25. The van der Waals surface area contributed by atoms with E-state index in [1.54, 1.807) is 17.7 Å². The van der Waals surface area contributed by atoms with Crippen LogP contribution in [0.2, 0.25) is 0 Å². The molecule has 0 bridgehead atoms. The van der Waals surface area contributed by atoms with E-state index in [-0.39, 0.29) is 11.7 Å². The minimum Gasteiger partial charge on any atom is -0.497 e. The van der Waals surface area contributed by atoms with Gasteiger partial charge in [-0.25, -0.2) is 9.89 Å². The Bertz CT molecular complexity index is 651. The molecule has 114 valence electrons. The quantitative estimate of drug-likeness (QED) is 0.798. The number of nitrogens with zero attached hydrogens (tertiary/aromatic N) is 2. The number of rotatable bonds is 6. The minimum atomic E-state index is -0.655. The molecule has 0 fully saturated rings. The number of methoxy groups -OCH3 is 1. The minimum absolute atomic E-state index is 0.0210. The number of hydrogen-bond donors (Lipinski definition) is 2. The molecule has 0 amide bonds. The Morgan fingerprint density at radius 2 is 2.24 bits per heavy atom. The third kappa shape index (κ3) is 3.68. The van der Waals surface area contributed by atoms with Gasteiger partial charge >= 0.3 is 5.69 Å². The van der Waals surface area contributed by atoms with Crippen molar-refractivity contribution in [1.82, 2.24) is 14.8 Å². The van der Waals surface area contributed by atoms with Crippen LogP contribution in [0.1, 0.15) is 31.6 Å². The Labute approximate surface area is 127 Å². The molecule has 0 aliphatic rings. The first-order valence-corrected chi connectivity index (χ1v) is 7.63. The SMILES string of the molecule is COc1cccc(C(O)CSc2n[nH]c(=O)n2C(C)C)c1. The summed E-state index contributed by atoms with van der Waals surface area (Å²) in [4.78, 5) is 11.6. The second-order valence-corrected chi connectivity index (χ2v) is 5.87. The first-order chi connectivity index (χ1) is 10.0. The standard InChI is InChI=1S/C14H19N3O3S/c1-9(2)17-13(19)15-16-14(17)21-8-12(18)10-5-4-6-11(7-10)20-3/h4-7,9,12,18H,8H2,1-3H3,(H,15,19). The zero-order valence-corrected chi connectivity index (χ0v) is 13.1. The van der Waals surface area contributed by atoms with Gasteiger partial charge in [0.2, 0.25) is 0 Å². The van der Waals surface area contributed by atoms with Gasteiger partial charge in [-0.1, -0.05) is 23.9 Å². The first kappa shape index (κ1) is 15.7. The van der Waals surface area contributed by atoms with E-state index < -0.39 is 6.10 Å². The van der Waals surface area contributed by atoms with Crippen LogP contribution in [0.15, 0.2) is 34.2 Å². The lowest BCUT2D eigenvalue weighted by Crippen LogP contribution is -2.19. The van der Waals surface area contributed by atoms with Crippen molar-refractivity contribution < 1.29 is 9.84 Å². The fourth-order valence-electron chi connectivity index (χ4n) is 1.95. The molecule has 1 aromatic heterocycles. The van der Waals surface area contributed by atoms with E-state index in [0.717, 1.165) is 5.56 Å². The lowest BCUT2D eigenvalue weighted by Gasteiger charge is -2.13. The molecule has 7 heteroatoms. The highest BCUT2D eigenvalue weighted by atomic mass is 32.2. The van der Waals surface area contributed by atoms with Crippen LogP contribution in [0.5, 0.6) is 5.75 Å². The molecule has 2 aromatic rings. The summed E-state index contributed by atoms with van der Waals surface area (Å²) < 4.78 is 6.71. The third-order valence-electron chi connectivity index (χ3n) is 3.04. The van der Waals surface area contributed by atoms with Crippen molar-refractivity contribution in [2.45, 2.75) is 31.1 Å². The van der Waals surface area contributed by atoms with E-state index in [9.17, 15) is 9.90 Å². The Kier molecular flexibility index (Phi) is 5.08. The van der Waals surface area contributed by atoms with Gasteiger partial charge in [0, 0.05) is 11.8 Å². The van der Waals surface area contributed by atoms with E-state index in [1.165, 1.54) is 11.8 Å². The predicted octanol–water partition coefficient (Wildman–Crippen LogP) is 1.99. The molecular weight excluding hydrogens is 290 g/mol. The zero-order valence-electron chi connectivity index (χ0n) is 12.2. The summed E-state index contributed by atoms with van der Waals surface area (Å²) >= 11 is 1.34. The van der Waals surface area contributed by atoms with Gasteiger partial charge < -0.3 is 9.84 Å². The highest BCUT2D eigenvalue weighted by Gasteiger charge is 2.15. The maximum absolute atomic E-state index is 11.6. The predicted molar refractivity (Wildman–Crippen MR) is 81.9 cm³/mol. The smallest absolute Gasteiger partial charge is 0.344 e. The van der Waals surface area contributed by atoms with Crippen molar-refractivity contribution in [3.8, 4) is 5.75 Å². The topological polar surface area (TPSA) is 80.1 Å². The lowest BCUT2D eigenvalue weighted by molar-refractivity contribution is 0.203. The number of nitrogens with one attached hydrogen (secondary N) is 1. The maximum Gasteiger partial charge on any atom is 0.344 e. The molecule has 6 nitrogen and oxygen atoms in total. The van der Waals surface area contributed by atoms with Crippen molar-refractivity contribution in [2.75, 3.05) is 12.9 Å². The Balaban J connectivity index is 2.07. The number of aliphatic hydroxyl groups is 1. The summed E-state index contributed by atoms with van der Waals surface area (Å²) in [5.74, 6) is 1.11. The van der Waals surface area contributed by atoms with Crippen LogP contribution in [0.4, 0.5) is 0 Å². The molecule has 1 unspecified atom stereocenters. The van der Waals surface area contributed by atoms with Crippen LogP contribution in [0.25, 0.3) is 0 Å². The van der Waals surface area contributed by atoms with Gasteiger partial charge in [0.05, 0.1) is 13.2 Å². The van der Waals surface area contributed by atoms with Crippen molar-refractivity contribution in [1.29, 1.82) is 0 Å². The van der Waals surface area contributed by atoms with Crippen LogP contribution >= 0.6 is 11.8 Å². The van der Waals surface area contributed by atoms with Crippen molar-refractivity contribution in [2.24, 2.45) is 0 Å². The van der Waals surface area contributed by atoms with Crippen molar-refractivity contribution >= 4 is 11.8 Å². The second-order valence-electron chi connectivity index (χ2n) is 4.88. The monoisotopic (exact) mass is 309 g/mol. The van der Waals surface area contributed by atoms with Gasteiger partial charge in [0.1, 0.15) is 5.75 Å². The van der Waals surface area contributed by atoms with Crippen LogP contribution < -0.4 is 10.4 Å². The fraction of sp³-hybridized carbons (Fsp3) is 0.429. The molecule has 0 saturated carbocycles. The average Bonchev–Trinajstić information content (AvgIpc) is 2.85. The van der Waals surface area contributed by atoms with Gasteiger partial charge in [0.25, 0.3) is 0 Å². The number of aliphatic hydroxyl groups excluding tert-OH is 1. The summed E-state index contributed by atoms with van der Waals surface area (Å²) in [6.45, 7) is 3.83. The summed E-state index contributed by atoms with van der Waals surface area (Å²) in [5.41, 5.74) is 0.541. The largest absolute Gasteiger partial charge is 0.497 e. The molecular formula is C14H19N3O3S. The Morgan fingerprint density at radius 3 is 2.90 bits per heavy atom. The number of thioether (sulfide) groups is 1. The molecule has 0 spiro atoms. The molecule has 2 rings (SSSR count). The van der Waals surface area contributed by atoms with Gasteiger partial charge in [-0.15, -0.1) is 5.10 Å². The molecule has 0 aliphatic carbocycles. The first-order valence-electron chi connectivity index (χ1n) is 6.64. The fourth-order valence-corrected chi connectivity index (χ4v) is 2.99. The number of aromatic amines is 1. The van der Waals surface area contributed by atoms with Crippen molar-refractivity contribution in [3.63, 3.8) is 0 Å². The van der Waals surface area contributed by atoms with Gasteiger partial charge in [-0.3, -0.25) is 4.57 Å². The van der Waals surface area contributed by atoms with Gasteiger partial charge in [0.15, 0.2) is 5.16 Å². The maximum atomic E-state index is 11.6. The van der Waals surface area contributed by atoms with E-state index in [1.807, 2.05) is 32.0 Å². The molecule has 1 aromatic carbocycles. The third-order valence-corrected chi connectivity index (χ3v) is 4.07. The van der Waals surface area contributed by atoms with Crippen molar-refractivity contribution in [3.05, 3.63) is 40.3 Å². The van der Waals surface area contributed by atoms with E-state index in [2.05, 4.69) is 10.2 Å². The van der Waals surface area contributed by atoms with Crippen LogP contribution in [-0.4, -0.2) is 32.7 Å². The summed E-state index contributed by atoms with van der Waals surface area (Å²) in [7, 11) is 1.59. The van der Waals surface area contributed by atoms with E-state index >= 15 is 0 Å². The molecule has 0 radical (unpaired) electrons. The van der Waals surface area contributed by atoms with Crippen LogP contribution in [-0.2, 0) is 0 Å². The lowest BCUT2D eigenvalue weighted by atomic mass is 10.1. The summed E-state index contributed by atoms with van der Waals surface area (Å²) in [6, 6.07) is 7.32. The highest BCUT2D eigenvalue weighted by molar-refractivity contribution is 7.99. The number of ether oxygens (including phenoxy) is 1.